The van der Waals surface area contributed by atoms with Crippen LogP contribution in [-0.4, -0.2) is 51.1 Å². The van der Waals surface area contributed by atoms with E-state index in [1.54, 1.807) is 12.3 Å². The number of ether oxygens (including phenoxy) is 1. The third-order valence-corrected chi connectivity index (χ3v) is 4.54. The highest BCUT2D eigenvalue weighted by molar-refractivity contribution is 6.34. The van der Waals surface area contributed by atoms with Crippen molar-refractivity contribution in [3.05, 3.63) is 52.0 Å². The standard InChI is InChI=1S/C20H28Cl2N4O3/c1-3-4-20(25-14(2)24-10-18(28)12-27)29-13-19-23-5-6-26(19)11-15-7-16(21)9-17(22)8-15/h5-9,14,18,24,27-28H,3-4,10-13H2,1-2H3/b25-20+. The van der Waals surface area contributed by atoms with Crippen molar-refractivity contribution in [3.63, 3.8) is 0 Å². The van der Waals surface area contributed by atoms with Gasteiger partial charge in [0.1, 0.15) is 18.6 Å². The second-order valence-corrected chi connectivity index (χ2v) is 7.60. The first-order valence-electron chi connectivity index (χ1n) is 9.58. The molecule has 0 amide bonds. The number of nitrogens with zero attached hydrogens (tertiary/aromatic N) is 3. The van der Waals surface area contributed by atoms with Gasteiger partial charge >= 0.3 is 0 Å². The Kier molecular flexibility index (Phi) is 9.90. The zero-order valence-electron chi connectivity index (χ0n) is 16.7. The Morgan fingerprint density at radius 3 is 2.69 bits per heavy atom. The average Bonchev–Trinajstić information content (AvgIpc) is 3.10. The van der Waals surface area contributed by atoms with E-state index in [9.17, 15) is 5.11 Å². The van der Waals surface area contributed by atoms with Gasteiger partial charge in [-0.2, -0.15) is 0 Å². The van der Waals surface area contributed by atoms with Gasteiger partial charge in [-0.15, -0.1) is 0 Å². The molecule has 160 valence electrons. The van der Waals surface area contributed by atoms with E-state index in [0.29, 0.717) is 28.9 Å². The zero-order valence-corrected chi connectivity index (χ0v) is 18.2. The molecule has 0 saturated carbocycles. The van der Waals surface area contributed by atoms with Crippen LogP contribution in [0.1, 0.15) is 38.1 Å². The Hall–Kier alpha value is -1.64. The molecule has 0 spiro atoms. The highest BCUT2D eigenvalue weighted by Gasteiger charge is 2.10. The molecule has 1 aromatic heterocycles. The molecule has 2 unspecified atom stereocenters. The molecule has 0 radical (unpaired) electrons. The summed E-state index contributed by atoms with van der Waals surface area (Å²) in [5.41, 5.74) is 0.976. The third-order valence-electron chi connectivity index (χ3n) is 4.11. The highest BCUT2D eigenvalue weighted by atomic mass is 35.5. The predicted octanol–water partition coefficient (Wildman–Crippen LogP) is 3.24. The number of aliphatic hydroxyl groups is 2. The van der Waals surface area contributed by atoms with Gasteiger partial charge in [-0.1, -0.05) is 30.1 Å². The van der Waals surface area contributed by atoms with Crippen molar-refractivity contribution in [2.75, 3.05) is 13.2 Å². The number of aliphatic hydroxyl groups excluding tert-OH is 2. The summed E-state index contributed by atoms with van der Waals surface area (Å²) in [7, 11) is 0. The van der Waals surface area contributed by atoms with Crippen LogP contribution >= 0.6 is 23.2 Å². The Balaban J connectivity index is 1.99. The largest absolute Gasteiger partial charge is 0.473 e. The number of hydrogen-bond acceptors (Lipinski definition) is 6. The molecule has 0 fully saturated rings. The second-order valence-electron chi connectivity index (χ2n) is 6.73. The molecule has 0 aliphatic rings. The number of nitrogens with one attached hydrogen (secondary N) is 1. The molecule has 0 saturated heterocycles. The van der Waals surface area contributed by atoms with E-state index in [-0.39, 0.29) is 25.9 Å². The van der Waals surface area contributed by atoms with Gasteiger partial charge < -0.3 is 19.5 Å². The molecule has 0 bridgehead atoms. The number of aromatic nitrogens is 2. The lowest BCUT2D eigenvalue weighted by molar-refractivity contribution is 0.0925. The summed E-state index contributed by atoms with van der Waals surface area (Å²) in [6, 6.07) is 5.44. The summed E-state index contributed by atoms with van der Waals surface area (Å²) in [6.07, 6.45) is 4.13. The maximum atomic E-state index is 9.44. The lowest BCUT2D eigenvalue weighted by Gasteiger charge is -2.15. The lowest BCUT2D eigenvalue weighted by Crippen LogP contribution is -2.35. The van der Waals surface area contributed by atoms with E-state index in [0.717, 1.165) is 17.8 Å². The quantitative estimate of drug-likeness (QED) is 0.366. The molecular formula is C20H28Cl2N4O3. The minimum absolute atomic E-state index is 0.244. The normalized spacial score (nSPS) is 14.1. The fourth-order valence-corrected chi connectivity index (χ4v) is 3.26. The molecule has 1 aromatic carbocycles. The summed E-state index contributed by atoms with van der Waals surface area (Å²) in [5, 5.41) is 22.6. The molecule has 7 nitrogen and oxygen atoms in total. The van der Waals surface area contributed by atoms with Crippen LogP contribution in [0.5, 0.6) is 0 Å². The van der Waals surface area contributed by atoms with Gasteiger partial charge in [0.25, 0.3) is 0 Å². The van der Waals surface area contributed by atoms with Crippen LogP contribution in [0.15, 0.2) is 35.6 Å². The van der Waals surface area contributed by atoms with Crippen molar-refractivity contribution in [3.8, 4) is 0 Å². The Morgan fingerprint density at radius 2 is 2.03 bits per heavy atom. The number of hydrogen-bond donors (Lipinski definition) is 3. The van der Waals surface area contributed by atoms with Crippen LogP contribution < -0.4 is 5.32 Å². The van der Waals surface area contributed by atoms with Crippen molar-refractivity contribution >= 4 is 29.1 Å². The number of halogens is 2. The van der Waals surface area contributed by atoms with Gasteiger partial charge in [0, 0.05) is 41.9 Å². The molecule has 2 rings (SSSR count). The third kappa shape index (κ3) is 8.32. The first-order valence-corrected chi connectivity index (χ1v) is 10.3. The summed E-state index contributed by atoms with van der Waals surface area (Å²) in [6.45, 7) is 4.75. The number of aliphatic imine (C=N–C) groups is 1. The van der Waals surface area contributed by atoms with Gasteiger partial charge in [-0.25, -0.2) is 9.98 Å². The first kappa shape index (κ1) is 23.6. The topological polar surface area (TPSA) is 91.9 Å². The summed E-state index contributed by atoms with van der Waals surface area (Å²) < 4.78 is 7.90. The summed E-state index contributed by atoms with van der Waals surface area (Å²) in [5.74, 6) is 1.38. The summed E-state index contributed by atoms with van der Waals surface area (Å²) >= 11 is 12.2. The number of imidazole rings is 1. The van der Waals surface area contributed by atoms with Crippen LogP contribution in [0.4, 0.5) is 0 Å². The molecule has 29 heavy (non-hydrogen) atoms. The number of rotatable bonds is 11. The van der Waals surface area contributed by atoms with Crippen molar-refractivity contribution in [2.24, 2.45) is 4.99 Å². The van der Waals surface area contributed by atoms with Gasteiger partial charge in [0.2, 0.25) is 0 Å². The average molecular weight is 443 g/mol. The molecule has 2 aromatic rings. The molecule has 0 aliphatic heterocycles. The first-order chi connectivity index (χ1) is 13.9. The van der Waals surface area contributed by atoms with E-state index in [1.165, 1.54) is 0 Å². The number of benzene rings is 1. The summed E-state index contributed by atoms with van der Waals surface area (Å²) in [4.78, 5) is 8.91. The van der Waals surface area contributed by atoms with Crippen LogP contribution in [0.3, 0.4) is 0 Å². The van der Waals surface area contributed by atoms with Crippen molar-refractivity contribution < 1.29 is 14.9 Å². The van der Waals surface area contributed by atoms with Gasteiger partial charge in [0.15, 0.2) is 5.90 Å². The van der Waals surface area contributed by atoms with Crippen molar-refractivity contribution in [1.29, 1.82) is 0 Å². The smallest absolute Gasteiger partial charge is 0.185 e. The zero-order chi connectivity index (χ0) is 21.2. The van der Waals surface area contributed by atoms with Crippen molar-refractivity contribution in [1.82, 2.24) is 14.9 Å². The van der Waals surface area contributed by atoms with Crippen molar-refractivity contribution in [2.45, 2.75) is 52.1 Å². The maximum Gasteiger partial charge on any atom is 0.185 e. The SMILES string of the molecule is CCC/C(=N\C(C)NCC(O)CO)OCc1nccn1Cc1cc(Cl)cc(Cl)c1. The van der Waals surface area contributed by atoms with E-state index in [4.69, 9.17) is 33.0 Å². The monoisotopic (exact) mass is 442 g/mol. The lowest BCUT2D eigenvalue weighted by atomic mass is 10.2. The molecule has 3 N–H and O–H groups in total. The molecular weight excluding hydrogens is 415 g/mol. The van der Waals surface area contributed by atoms with E-state index >= 15 is 0 Å². The fraction of sp³-hybridized carbons (Fsp3) is 0.500. The van der Waals surface area contributed by atoms with Gasteiger partial charge in [0.05, 0.1) is 12.7 Å². The van der Waals surface area contributed by atoms with Crippen LogP contribution in [0, 0.1) is 0 Å². The van der Waals surface area contributed by atoms with E-state index < -0.39 is 6.10 Å². The predicted molar refractivity (Wildman–Crippen MR) is 115 cm³/mol. The molecule has 9 heteroatoms. The molecule has 1 heterocycles. The fourth-order valence-electron chi connectivity index (χ4n) is 2.69. The van der Waals surface area contributed by atoms with E-state index in [2.05, 4.69) is 22.2 Å². The molecule has 2 atom stereocenters. The molecule has 0 aliphatic carbocycles. The highest BCUT2D eigenvalue weighted by Crippen LogP contribution is 2.20. The Morgan fingerprint density at radius 1 is 1.31 bits per heavy atom. The minimum Gasteiger partial charge on any atom is -0.473 e. The Bertz CT molecular complexity index is 778. The maximum absolute atomic E-state index is 9.44. The van der Waals surface area contributed by atoms with Crippen LogP contribution in [-0.2, 0) is 17.9 Å². The van der Waals surface area contributed by atoms with Crippen LogP contribution in [0.2, 0.25) is 10.0 Å². The minimum atomic E-state index is -0.810. The van der Waals surface area contributed by atoms with E-state index in [1.807, 2.05) is 29.8 Å². The van der Waals surface area contributed by atoms with Gasteiger partial charge in [-0.05, 0) is 37.1 Å². The van der Waals surface area contributed by atoms with Gasteiger partial charge in [-0.3, -0.25) is 5.32 Å². The Labute approximate surface area is 181 Å². The second kappa shape index (κ2) is 12.1. The van der Waals surface area contributed by atoms with Crippen LogP contribution in [0.25, 0.3) is 0 Å².